The third-order valence-electron chi connectivity index (χ3n) is 8.58. The van der Waals surface area contributed by atoms with E-state index in [1.165, 1.54) is 81.8 Å². The van der Waals surface area contributed by atoms with Gasteiger partial charge in [-0.05, 0) is 105 Å². The molecule has 0 bridgehead atoms. The lowest BCUT2D eigenvalue weighted by molar-refractivity contribution is 0.139. The molecule has 32 heavy (non-hydrogen) atoms. The molecule has 4 rings (SSSR count). The summed E-state index contributed by atoms with van der Waals surface area (Å²) in [7, 11) is 0. The number of rotatable bonds is 9. The Hall–Kier alpha value is -1.76. The summed E-state index contributed by atoms with van der Waals surface area (Å²) in [4.78, 5) is 0. The maximum absolute atomic E-state index is 5.57. The highest BCUT2D eigenvalue weighted by Crippen LogP contribution is 2.43. The van der Waals surface area contributed by atoms with E-state index in [0.29, 0.717) is 5.92 Å². The number of benzene rings is 2. The van der Waals surface area contributed by atoms with Gasteiger partial charge < -0.3 is 4.74 Å². The molecule has 2 aliphatic rings. The first kappa shape index (κ1) is 23.4. The summed E-state index contributed by atoms with van der Waals surface area (Å²) in [6.45, 7) is 5.22. The average molecular weight is 433 g/mol. The van der Waals surface area contributed by atoms with Crippen molar-refractivity contribution in [2.75, 3.05) is 6.61 Å². The first-order valence-corrected chi connectivity index (χ1v) is 13.5. The first-order chi connectivity index (χ1) is 15.7. The molecule has 174 valence electrons. The van der Waals surface area contributed by atoms with E-state index >= 15 is 0 Å². The van der Waals surface area contributed by atoms with E-state index in [2.05, 4.69) is 61.5 Å². The SMILES string of the molecule is CCOc1ccc(CCC2CCC(C3CCC(C[C@H](C)c4ccccc4)CC3)CC2)cc1. The second-order valence-corrected chi connectivity index (χ2v) is 10.7. The standard InChI is InChI=1S/C31H44O/c1-3-32-31-21-15-26(16-22-31)10-9-25-11-17-29(18-12-25)30-19-13-27(14-20-30)23-24(2)28-7-5-4-6-8-28/h4-8,15-16,21-22,24-25,27,29-30H,3,9-14,17-20,23H2,1-2H3/t24-,25?,27?,29?,30?/m0/s1. The Morgan fingerprint density at radius 1 is 0.750 bits per heavy atom. The summed E-state index contributed by atoms with van der Waals surface area (Å²) >= 11 is 0. The number of ether oxygens (including phenoxy) is 1. The van der Waals surface area contributed by atoms with Gasteiger partial charge in [0.25, 0.3) is 0 Å². The monoisotopic (exact) mass is 432 g/mol. The molecule has 1 atom stereocenters. The normalized spacial score (nSPS) is 27.1. The third-order valence-corrected chi connectivity index (χ3v) is 8.58. The van der Waals surface area contributed by atoms with Crippen LogP contribution >= 0.6 is 0 Å². The van der Waals surface area contributed by atoms with Crippen molar-refractivity contribution in [3.8, 4) is 5.75 Å². The summed E-state index contributed by atoms with van der Waals surface area (Å²) in [6.07, 6.45) is 15.8. The maximum atomic E-state index is 5.57. The molecule has 0 radical (unpaired) electrons. The summed E-state index contributed by atoms with van der Waals surface area (Å²) in [5.74, 6) is 5.65. The maximum Gasteiger partial charge on any atom is 0.119 e. The minimum atomic E-state index is 0.712. The van der Waals surface area contributed by atoms with Gasteiger partial charge in [0.05, 0.1) is 6.61 Å². The Labute approximate surface area is 197 Å². The first-order valence-electron chi connectivity index (χ1n) is 13.5. The van der Waals surface area contributed by atoms with Crippen molar-refractivity contribution in [2.24, 2.45) is 23.7 Å². The van der Waals surface area contributed by atoms with Gasteiger partial charge in [0.15, 0.2) is 0 Å². The lowest BCUT2D eigenvalue weighted by atomic mass is 9.67. The molecule has 2 fully saturated rings. The van der Waals surface area contributed by atoms with Gasteiger partial charge in [0, 0.05) is 0 Å². The van der Waals surface area contributed by atoms with Gasteiger partial charge in [0.1, 0.15) is 5.75 Å². The summed E-state index contributed by atoms with van der Waals surface area (Å²) in [6, 6.07) is 19.9. The molecule has 0 amide bonds. The largest absolute Gasteiger partial charge is 0.494 e. The number of aryl methyl sites for hydroxylation is 1. The lowest BCUT2D eigenvalue weighted by Crippen LogP contribution is -2.26. The molecule has 0 saturated heterocycles. The van der Waals surface area contributed by atoms with Crippen molar-refractivity contribution in [2.45, 2.75) is 90.4 Å². The zero-order chi connectivity index (χ0) is 22.2. The molecule has 2 aromatic rings. The number of hydrogen-bond donors (Lipinski definition) is 0. The van der Waals surface area contributed by atoms with Gasteiger partial charge in [0.2, 0.25) is 0 Å². The molecule has 0 unspecified atom stereocenters. The fourth-order valence-electron chi connectivity index (χ4n) is 6.55. The highest BCUT2D eigenvalue weighted by molar-refractivity contribution is 5.27. The fourth-order valence-corrected chi connectivity index (χ4v) is 6.55. The molecule has 2 aromatic carbocycles. The minimum absolute atomic E-state index is 0.712. The summed E-state index contributed by atoms with van der Waals surface area (Å²) in [5, 5.41) is 0. The van der Waals surface area contributed by atoms with Crippen LogP contribution in [0.25, 0.3) is 0 Å². The van der Waals surface area contributed by atoms with Crippen LogP contribution in [-0.4, -0.2) is 6.61 Å². The molecule has 0 aliphatic heterocycles. The van der Waals surface area contributed by atoms with E-state index in [9.17, 15) is 0 Å². The van der Waals surface area contributed by atoms with E-state index in [4.69, 9.17) is 4.74 Å². The van der Waals surface area contributed by atoms with E-state index in [1.807, 2.05) is 6.92 Å². The Morgan fingerprint density at radius 2 is 1.34 bits per heavy atom. The van der Waals surface area contributed by atoms with Crippen LogP contribution in [0, 0.1) is 23.7 Å². The van der Waals surface area contributed by atoms with Crippen molar-refractivity contribution >= 4 is 0 Å². The Bertz CT molecular complexity index is 764. The predicted octanol–water partition coefficient (Wildman–Crippen LogP) is 8.82. The lowest BCUT2D eigenvalue weighted by Gasteiger charge is -2.38. The van der Waals surface area contributed by atoms with Crippen molar-refractivity contribution in [3.63, 3.8) is 0 Å². The van der Waals surface area contributed by atoms with Crippen LogP contribution in [0.2, 0.25) is 0 Å². The Balaban J connectivity index is 1.14. The van der Waals surface area contributed by atoms with Crippen LogP contribution in [0.1, 0.15) is 95.1 Å². The fraction of sp³-hybridized carbons (Fsp3) is 0.613. The summed E-state index contributed by atoms with van der Waals surface area (Å²) < 4.78 is 5.57. The highest BCUT2D eigenvalue weighted by atomic mass is 16.5. The minimum Gasteiger partial charge on any atom is -0.494 e. The second-order valence-electron chi connectivity index (χ2n) is 10.7. The van der Waals surface area contributed by atoms with Gasteiger partial charge in [-0.2, -0.15) is 0 Å². The zero-order valence-corrected chi connectivity index (χ0v) is 20.5. The quantitative estimate of drug-likeness (QED) is 0.384. The van der Waals surface area contributed by atoms with E-state index in [-0.39, 0.29) is 0 Å². The molecular weight excluding hydrogens is 388 g/mol. The molecule has 2 aliphatic carbocycles. The Morgan fingerprint density at radius 3 is 1.94 bits per heavy atom. The molecule has 0 N–H and O–H groups in total. The van der Waals surface area contributed by atoms with Crippen LogP contribution < -0.4 is 4.74 Å². The smallest absolute Gasteiger partial charge is 0.119 e. The van der Waals surface area contributed by atoms with E-state index in [0.717, 1.165) is 36.0 Å². The highest BCUT2D eigenvalue weighted by Gasteiger charge is 2.31. The average Bonchev–Trinajstić information content (AvgIpc) is 2.85. The Kier molecular flexibility index (Phi) is 8.71. The van der Waals surface area contributed by atoms with Crippen LogP contribution in [0.3, 0.4) is 0 Å². The zero-order valence-electron chi connectivity index (χ0n) is 20.5. The van der Waals surface area contributed by atoms with E-state index in [1.54, 1.807) is 0 Å². The van der Waals surface area contributed by atoms with Crippen molar-refractivity contribution in [1.29, 1.82) is 0 Å². The number of hydrogen-bond acceptors (Lipinski definition) is 1. The van der Waals surface area contributed by atoms with Gasteiger partial charge in [-0.3, -0.25) is 0 Å². The molecule has 0 spiro atoms. The molecule has 2 saturated carbocycles. The molecule has 0 aromatic heterocycles. The van der Waals surface area contributed by atoms with Crippen LogP contribution in [-0.2, 0) is 6.42 Å². The molecule has 0 heterocycles. The van der Waals surface area contributed by atoms with Crippen molar-refractivity contribution in [3.05, 3.63) is 65.7 Å². The van der Waals surface area contributed by atoms with Gasteiger partial charge in [-0.25, -0.2) is 0 Å². The molecular formula is C31H44O. The second kappa shape index (κ2) is 11.9. The van der Waals surface area contributed by atoms with Crippen LogP contribution in [0.15, 0.2) is 54.6 Å². The van der Waals surface area contributed by atoms with Gasteiger partial charge in [-0.1, -0.05) is 75.1 Å². The van der Waals surface area contributed by atoms with Gasteiger partial charge >= 0.3 is 0 Å². The molecule has 1 nitrogen and oxygen atoms in total. The van der Waals surface area contributed by atoms with Crippen molar-refractivity contribution < 1.29 is 4.74 Å². The molecule has 1 heteroatoms. The van der Waals surface area contributed by atoms with Gasteiger partial charge in [-0.15, -0.1) is 0 Å². The summed E-state index contributed by atoms with van der Waals surface area (Å²) in [5.41, 5.74) is 3.00. The predicted molar refractivity (Wildman–Crippen MR) is 136 cm³/mol. The van der Waals surface area contributed by atoms with Crippen molar-refractivity contribution in [1.82, 2.24) is 0 Å². The third kappa shape index (κ3) is 6.63. The van der Waals surface area contributed by atoms with Crippen LogP contribution in [0.5, 0.6) is 5.75 Å². The van der Waals surface area contributed by atoms with Crippen LogP contribution in [0.4, 0.5) is 0 Å². The topological polar surface area (TPSA) is 9.23 Å². The van der Waals surface area contributed by atoms with E-state index < -0.39 is 0 Å².